The van der Waals surface area contributed by atoms with Gasteiger partial charge in [0.15, 0.2) is 0 Å². The van der Waals surface area contributed by atoms with Crippen LogP contribution in [0.3, 0.4) is 0 Å². The van der Waals surface area contributed by atoms with E-state index in [0.29, 0.717) is 12.0 Å². The van der Waals surface area contributed by atoms with Crippen molar-refractivity contribution in [3.8, 4) is 5.75 Å². The van der Waals surface area contributed by atoms with E-state index in [1.54, 1.807) is 7.11 Å². The third-order valence-corrected chi connectivity index (χ3v) is 5.14. The molecule has 2 fully saturated rings. The Labute approximate surface area is 115 Å². The van der Waals surface area contributed by atoms with Gasteiger partial charge in [-0.05, 0) is 49.1 Å². The fraction of sp³-hybridized carbons (Fsp3) is 0.625. The van der Waals surface area contributed by atoms with Gasteiger partial charge in [-0.15, -0.1) is 0 Å². The predicted molar refractivity (Wildman–Crippen MR) is 78.6 cm³/mol. The van der Waals surface area contributed by atoms with Crippen molar-refractivity contribution in [3.05, 3.63) is 24.3 Å². The normalized spacial score (nSPS) is 32.6. The van der Waals surface area contributed by atoms with E-state index in [1.165, 1.54) is 24.9 Å². The summed E-state index contributed by atoms with van der Waals surface area (Å²) >= 11 is 0. The molecule has 0 aliphatic heterocycles. The second-order valence-electron chi connectivity index (χ2n) is 6.13. The number of hydrogen-bond acceptors (Lipinski definition) is 3. The Morgan fingerprint density at radius 1 is 1.26 bits per heavy atom. The summed E-state index contributed by atoms with van der Waals surface area (Å²) in [5.74, 6) is 3.22. The largest absolute Gasteiger partial charge is 0.495 e. The summed E-state index contributed by atoms with van der Waals surface area (Å²) in [6, 6.07) is 8.62. The summed E-state index contributed by atoms with van der Waals surface area (Å²) in [6.07, 6.45) is 4.08. The highest BCUT2D eigenvalue weighted by Gasteiger charge is 2.45. The second kappa shape index (κ2) is 5.04. The molecule has 2 saturated carbocycles. The van der Waals surface area contributed by atoms with E-state index < -0.39 is 0 Å². The molecular formula is C16H24N2O. The minimum atomic E-state index is 0.399. The van der Waals surface area contributed by atoms with Gasteiger partial charge in [-0.3, -0.25) is 0 Å². The third kappa shape index (κ3) is 2.20. The minimum absolute atomic E-state index is 0.399. The van der Waals surface area contributed by atoms with Crippen LogP contribution in [-0.2, 0) is 0 Å². The van der Waals surface area contributed by atoms with Crippen molar-refractivity contribution in [1.29, 1.82) is 0 Å². The van der Waals surface area contributed by atoms with Crippen molar-refractivity contribution in [2.45, 2.75) is 25.3 Å². The maximum Gasteiger partial charge on any atom is 0.142 e. The molecule has 4 atom stereocenters. The number of ether oxygens (including phenoxy) is 1. The van der Waals surface area contributed by atoms with Gasteiger partial charge in [-0.1, -0.05) is 12.1 Å². The zero-order valence-electron chi connectivity index (χ0n) is 11.9. The van der Waals surface area contributed by atoms with Gasteiger partial charge in [-0.2, -0.15) is 0 Å². The lowest BCUT2D eigenvalue weighted by molar-refractivity contribution is 0.292. The summed E-state index contributed by atoms with van der Waals surface area (Å²) < 4.78 is 5.45. The molecule has 1 aromatic rings. The van der Waals surface area contributed by atoms with Crippen LogP contribution >= 0.6 is 0 Å². The molecule has 2 bridgehead atoms. The summed E-state index contributed by atoms with van der Waals surface area (Å²) in [5, 5.41) is 0. The number of nitrogens with two attached hydrogens (primary N) is 1. The molecule has 0 saturated heterocycles. The monoisotopic (exact) mass is 260 g/mol. The quantitative estimate of drug-likeness (QED) is 0.904. The SMILES string of the molecule is COc1ccccc1N(C)CC1C2CCC(C2)C1N. The molecule has 0 amide bonds. The first-order valence-electron chi connectivity index (χ1n) is 7.30. The molecule has 0 radical (unpaired) electrons. The zero-order valence-corrected chi connectivity index (χ0v) is 11.9. The van der Waals surface area contributed by atoms with Crippen LogP contribution in [0.2, 0.25) is 0 Å². The van der Waals surface area contributed by atoms with Crippen LogP contribution in [0, 0.1) is 17.8 Å². The van der Waals surface area contributed by atoms with E-state index in [2.05, 4.69) is 24.1 Å². The van der Waals surface area contributed by atoms with Gasteiger partial charge < -0.3 is 15.4 Å². The first-order chi connectivity index (χ1) is 9.20. The highest BCUT2D eigenvalue weighted by atomic mass is 16.5. The lowest BCUT2D eigenvalue weighted by Crippen LogP contribution is -2.42. The van der Waals surface area contributed by atoms with E-state index >= 15 is 0 Å². The number of benzene rings is 1. The van der Waals surface area contributed by atoms with Crippen molar-refractivity contribution in [3.63, 3.8) is 0 Å². The van der Waals surface area contributed by atoms with Crippen LogP contribution in [0.5, 0.6) is 5.75 Å². The van der Waals surface area contributed by atoms with Crippen molar-refractivity contribution in [2.75, 3.05) is 25.6 Å². The zero-order chi connectivity index (χ0) is 13.4. The number of methoxy groups -OCH3 is 1. The Hall–Kier alpha value is -1.22. The molecule has 0 aromatic heterocycles. The molecule has 0 spiro atoms. The molecule has 1 aromatic carbocycles. The highest BCUT2D eigenvalue weighted by molar-refractivity contribution is 5.57. The first-order valence-corrected chi connectivity index (χ1v) is 7.30. The Morgan fingerprint density at radius 3 is 2.68 bits per heavy atom. The van der Waals surface area contributed by atoms with E-state index in [-0.39, 0.29) is 0 Å². The Kier molecular flexibility index (Phi) is 3.40. The van der Waals surface area contributed by atoms with Crippen LogP contribution in [-0.4, -0.2) is 26.7 Å². The van der Waals surface area contributed by atoms with E-state index in [0.717, 1.165) is 24.1 Å². The molecule has 2 N–H and O–H groups in total. The molecule has 2 aliphatic rings. The van der Waals surface area contributed by atoms with Gasteiger partial charge in [0.25, 0.3) is 0 Å². The Bertz CT molecular complexity index is 446. The third-order valence-electron chi connectivity index (χ3n) is 5.14. The number of anilines is 1. The average Bonchev–Trinajstić information content (AvgIpc) is 3.02. The molecule has 3 rings (SSSR count). The van der Waals surface area contributed by atoms with Crippen LogP contribution in [0.1, 0.15) is 19.3 Å². The molecule has 104 valence electrons. The van der Waals surface area contributed by atoms with Crippen molar-refractivity contribution >= 4 is 5.69 Å². The van der Waals surface area contributed by atoms with Crippen molar-refractivity contribution in [2.24, 2.45) is 23.5 Å². The number of hydrogen-bond donors (Lipinski definition) is 1. The Morgan fingerprint density at radius 2 is 2.00 bits per heavy atom. The smallest absolute Gasteiger partial charge is 0.142 e. The number of nitrogens with zero attached hydrogens (tertiary/aromatic N) is 1. The van der Waals surface area contributed by atoms with Gasteiger partial charge >= 0.3 is 0 Å². The van der Waals surface area contributed by atoms with E-state index in [1.807, 2.05) is 12.1 Å². The van der Waals surface area contributed by atoms with Crippen LogP contribution in [0.25, 0.3) is 0 Å². The Balaban J connectivity index is 1.73. The second-order valence-corrected chi connectivity index (χ2v) is 6.13. The number of fused-ring (bicyclic) bond motifs is 2. The minimum Gasteiger partial charge on any atom is -0.495 e. The lowest BCUT2D eigenvalue weighted by Gasteiger charge is -2.33. The fourth-order valence-corrected chi connectivity index (χ4v) is 4.09. The summed E-state index contributed by atoms with van der Waals surface area (Å²) in [5.41, 5.74) is 7.57. The number of para-hydroxylation sites is 2. The van der Waals surface area contributed by atoms with Crippen molar-refractivity contribution in [1.82, 2.24) is 0 Å². The topological polar surface area (TPSA) is 38.5 Å². The molecule has 19 heavy (non-hydrogen) atoms. The summed E-state index contributed by atoms with van der Waals surface area (Å²) in [7, 11) is 3.88. The van der Waals surface area contributed by atoms with Crippen LogP contribution < -0.4 is 15.4 Å². The molecular weight excluding hydrogens is 236 g/mol. The first kappa shape index (κ1) is 12.8. The van der Waals surface area contributed by atoms with E-state index in [4.69, 9.17) is 10.5 Å². The number of rotatable bonds is 4. The average molecular weight is 260 g/mol. The molecule has 4 unspecified atom stereocenters. The molecule has 0 heterocycles. The molecule has 3 heteroatoms. The highest BCUT2D eigenvalue weighted by Crippen LogP contribution is 2.48. The van der Waals surface area contributed by atoms with Gasteiger partial charge in [-0.25, -0.2) is 0 Å². The summed E-state index contributed by atoms with van der Waals surface area (Å²) in [4.78, 5) is 2.31. The van der Waals surface area contributed by atoms with E-state index in [9.17, 15) is 0 Å². The maximum atomic E-state index is 6.40. The van der Waals surface area contributed by atoms with Crippen LogP contribution in [0.15, 0.2) is 24.3 Å². The van der Waals surface area contributed by atoms with Crippen molar-refractivity contribution < 1.29 is 4.74 Å². The van der Waals surface area contributed by atoms with Gasteiger partial charge in [0, 0.05) is 19.6 Å². The maximum absolute atomic E-state index is 6.40. The van der Waals surface area contributed by atoms with Gasteiger partial charge in [0.1, 0.15) is 5.75 Å². The predicted octanol–water partition coefficient (Wildman–Crippen LogP) is 2.50. The summed E-state index contributed by atoms with van der Waals surface area (Å²) in [6.45, 7) is 1.04. The lowest BCUT2D eigenvalue weighted by atomic mass is 9.84. The van der Waals surface area contributed by atoms with Gasteiger partial charge in [0.2, 0.25) is 0 Å². The fourth-order valence-electron chi connectivity index (χ4n) is 4.09. The standard InChI is InChI=1S/C16H24N2O/c1-18(14-5-3-4-6-15(14)19-2)10-13-11-7-8-12(9-11)16(13)17/h3-6,11-13,16H,7-10,17H2,1-2H3. The van der Waals surface area contributed by atoms with Gasteiger partial charge in [0.05, 0.1) is 12.8 Å². The molecule has 3 nitrogen and oxygen atoms in total. The van der Waals surface area contributed by atoms with Crippen LogP contribution in [0.4, 0.5) is 5.69 Å². The molecule has 2 aliphatic carbocycles.